The molecule has 0 N–H and O–H groups in total. The zero-order chi connectivity index (χ0) is 29.6. The van der Waals surface area contributed by atoms with Crippen molar-refractivity contribution in [1.82, 2.24) is 5.16 Å². The summed E-state index contributed by atoms with van der Waals surface area (Å²) in [5, 5.41) is 4.95. The highest BCUT2D eigenvalue weighted by Crippen LogP contribution is 2.47. The average Bonchev–Trinajstić information content (AvgIpc) is 3.74. The molecule has 1 aliphatic heterocycles. The van der Waals surface area contributed by atoms with Gasteiger partial charge in [-0.2, -0.15) is 13.2 Å². The van der Waals surface area contributed by atoms with Crippen molar-refractivity contribution < 1.29 is 36.7 Å². The third kappa shape index (κ3) is 5.55. The zero-order valence-corrected chi connectivity index (χ0v) is 23.8. The van der Waals surface area contributed by atoms with Crippen molar-refractivity contribution in [2.45, 2.75) is 50.5 Å². The Labute approximate surface area is 249 Å². The number of benzene rings is 3. The molecule has 11 heteroatoms. The monoisotopic (exact) mass is 617 g/mol. The van der Waals surface area contributed by atoms with Gasteiger partial charge in [-0.05, 0) is 73.7 Å². The van der Waals surface area contributed by atoms with Crippen LogP contribution in [0.2, 0.25) is 10.0 Å². The van der Waals surface area contributed by atoms with E-state index in [9.17, 15) is 18.0 Å². The predicted molar refractivity (Wildman–Crippen MR) is 149 cm³/mol. The summed E-state index contributed by atoms with van der Waals surface area (Å²) in [7, 11) is 1.28. The summed E-state index contributed by atoms with van der Waals surface area (Å²) in [6, 6.07) is 13.7. The molecule has 3 aromatic carbocycles. The number of alkyl halides is 3. The van der Waals surface area contributed by atoms with E-state index in [1.165, 1.54) is 25.3 Å². The van der Waals surface area contributed by atoms with Crippen LogP contribution >= 0.6 is 23.2 Å². The summed E-state index contributed by atoms with van der Waals surface area (Å²) >= 11 is 12.8. The Balaban J connectivity index is 1.27. The normalized spacial score (nSPS) is 16.5. The second kappa shape index (κ2) is 11.2. The molecule has 1 saturated carbocycles. The summed E-state index contributed by atoms with van der Waals surface area (Å²) < 4.78 is 65.2. The summed E-state index contributed by atoms with van der Waals surface area (Å²) in [4.78, 5) is 11.9. The van der Waals surface area contributed by atoms with Crippen molar-refractivity contribution >= 4 is 29.2 Å². The second-order valence-corrected chi connectivity index (χ2v) is 11.1. The molecule has 2 aliphatic rings. The predicted octanol–water partition coefficient (Wildman–Crippen LogP) is 8.98. The number of rotatable bonds is 7. The topological polar surface area (TPSA) is 70.8 Å². The molecule has 6 nitrogen and oxygen atoms in total. The van der Waals surface area contributed by atoms with Gasteiger partial charge in [0.05, 0.1) is 33.8 Å². The van der Waals surface area contributed by atoms with Gasteiger partial charge in [-0.3, -0.25) is 0 Å². The number of carbonyl (C=O) groups is 1. The Morgan fingerprint density at radius 1 is 1.05 bits per heavy atom. The SMILES string of the molecule is COC(=O)c1ccc2c(c1)CCC(c1ccc(OCc3c(-c4c(Cl)cccc4Cl)noc3C3CC3)cc1C(F)(F)F)O2. The Bertz CT molecular complexity index is 1640. The molecule has 0 spiro atoms. The zero-order valence-electron chi connectivity index (χ0n) is 22.3. The smallest absolute Gasteiger partial charge is 0.416 e. The number of carbonyl (C=O) groups excluding carboxylic acids is 1. The van der Waals surface area contributed by atoms with Crippen molar-refractivity contribution in [1.29, 1.82) is 0 Å². The third-order valence-electron chi connectivity index (χ3n) is 7.45. The average molecular weight is 618 g/mol. The van der Waals surface area contributed by atoms with E-state index < -0.39 is 23.8 Å². The minimum atomic E-state index is -4.65. The van der Waals surface area contributed by atoms with E-state index in [1.807, 2.05) is 0 Å². The maximum absolute atomic E-state index is 14.3. The van der Waals surface area contributed by atoms with E-state index in [4.69, 9.17) is 41.9 Å². The highest BCUT2D eigenvalue weighted by molar-refractivity contribution is 6.39. The molecule has 1 unspecified atom stereocenters. The fraction of sp³-hybridized carbons (Fsp3) is 0.290. The maximum Gasteiger partial charge on any atom is 0.416 e. The molecular weight excluding hydrogens is 594 g/mol. The number of nitrogens with zero attached hydrogens (tertiary/aromatic N) is 1. The Morgan fingerprint density at radius 2 is 1.81 bits per heavy atom. The van der Waals surface area contributed by atoms with Gasteiger partial charge in [0.1, 0.15) is 35.7 Å². The lowest BCUT2D eigenvalue weighted by Crippen LogP contribution is -2.20. The molecule has 1 fully saturated rings. The van der Waals surface area contributed by atoms with Gasteiger partial charge in [0.2, 0.25) is 0 Å². The van der Waals surface area contributed by atoms with E-state index in [0.717, 1.165) is 24.5 Å². The second-order valence-electron chi connectivity index (χ2n) is 10.2. The lowest BCUT2D eigenvalue weighted by molar-refractivity contribution is -0.139. The lowest BCUT2D eigenvalue weighted by Gasteiger charge is -2.29. The Hall–Kier alpha value is -3.69. The first kappa shape index (κ1) is 28.4. The van der Waals surface area contributed by atoms with Gasteiger partial charge in [0, 0.05) is 17.0 Å². The molecule has 0 saturated heterocycles. The van der Waals surface area contributed by atoms with Crippen LogP contribution in [0.15, 0.2) is 59.1 Å². The summed E-state index contributed by atoms with van der Waals surface area (Å²) in [5.41, 5.74) is 1.74. The van der Waals surface area contributed by atoms with Crippen molar-refractivity contribution in [3.05, 3.63) is 98.2 Å². The summed E-state index contributed by atoms with van der Waals surface area (Å²) in [6.07, 6.45) is -2.92. The molecule has 4 aromatic rings. The number of fused-ring (bicyclic) bond motifs is 1. The van der Waals surface area contributed by atoms with Crippen LogP contribution in [0, 0.1) is 0 Å². The van der Waals surface area contributed by atoms with Gasteiger partial charge in [-0.1, -0.05) is 40.5 Å². The van der Waals surface area contributed by atoms with Gasteiger partial charge in [0.15, 0.2) is 0 Å². The summed E-state index contributed by atoms with van der Waals surface area (Å²) in [6.45, 7) is -0.0846. The highest BCUT2D eigenvalue weighted by Gasteiger charge is 2.38. The van der Waals surface area contributed by atoms with E-state index in [0.29, 0.717) is 56.8 Å². The molecule has 1 aliphatic carbocycles. The fourth-order valence-corrected chi connectivity index (χ4v) is 5.78. The van der Waals surface area contributed by atoms with Crippen molar-refractivity contribution in [3.8, 4) is 22.8 Å². The van der Waals surface area contributed by atoms with Crippen LogP contribution in [0.25, 0.3) is 11.3 Å². The van der Waals surface area contributed by atoms with Crippen molar-refractivity contribution in [3.63, 3.8) is 0 Å². The van der Waals surface area contributed by atoms with E-state index in [2.05, 4.69) is 5.16 Å². The first-order valence-electron chi connectivity index (χ1n) is 13.3. The number of hydrogen-bond acceptors (Lipinski definition) is 6. The fourth-order valence-electron chi connectivity index (χ4n) is 5.21. The number of esters is 1. The maximum atomic E-state index is 14.3. The van der Waals surface area contributed by atoms with Crippen LogP contribution in [0.4, 0.5) is 13.2 Å². The number of aromatic nitrogens is 1. The largest absolute Gasteiger partial charge is 0.489 e. The molecular formula is C31H24Cl2F3NO5. The first-order valence-corrected chi connectivity index (χ1v) is 14.0. The lowest BCUT2D eigenvalue weighted by atomic mass is 9.93. The molecule has 42 heavy (non-hydrogen) atoms. The minimum Gasteiger partial charge on any atom is -0.489 e. The molecule has 2 heterocycles. The van der Waals surface area contributed by atoms with Crippen molar-refractivity contribution in [2.75, 3.05) is 7.11 Å². The number of ether oxygens (including phenoxy) is 3. The molecule has 218 valence electrons. The Morgan fingerprint density at radius 3 is 2.50 bits per heavy atom. The third-order valence-corrected chi connectivity index (χ3v) is 8.08. The van der Waals surface area contributed by atoms with Crippen LogP contribution in [-0.2, 0) is 23.9 Å². The van der Waals surface area contributed by atoms with Crippen LogP contribution in [0.3, 0.4) is 0 Å². The molecule has 1 aromatic heterocycles. The van der Waals surface area contributed by atoms with E-state index in [1.54, 1.807) is 30.3 Å². The first-order chi connectivity index (χ1) is 20.1. The molecule has 0 amide bonds. The van der Waals surface area contributed by atoms with Crippen LogP contribution in [0.5, 0.6) is 11.5 Å². The van der Waals surface area contributed by atoms with E-state index in [-0.39, 0.29) is 23.8 Å². The number of aryl methyl sites for hydroxylation is 1. The van der Waals surface area contributed by atoms with Crippen LogP contribution in [0.1, 0.15) is 69.7 Å². The van der Waals surface area contributed by atoms with Crippen LogP contribution < -0.4 is 9.47 Å². The molecule has 0 bridgehead atoms. The minimum absolute atomic E-state index is 0.00438. The standard InChI is InChI=1S/C31H24Cl2F3NO5/c1-39-30(38)18-8-11-25-17(13-18)7-12-26(41-25)20-10-9-19(14-22(20)31(34,35)36)40-15-21-28(37-42-29(21)16-5-6-16)27-23(32)3-2-4-24(27)33/h2-4,8-11,13-14,16,26H,5-7,12,15H2,1H3. The van der Waals surface area contributed by atoms with Gasteiger partial charge in [-0.15, -0.1) is 0 Å². The molecule has 0 radical (unpaired) electrons. The van der Waals surface area contributed by atoms with E-state index >= 15 is 0 Å². The van der Waals surface area contributed by atoms with Gasteiger partial charge in [0.25, 0.3) is 0 Å². The summed E-state index contributed by atoms with van der Waals surface area (Å²) in [5.74, 6) is 0.752. The number of halogens is 5. The molecule has 1 atom stereocenters. The van der Waals surface area contributed by atoms with Gasteiger partial charge < -0.3 is 18.7 Å². The van der Waals surface area contributed by atoms with Gasteiger partial charge >= 0.3 is 12.1 Å². The Kier molecular flexibility index (Phi) is 7.57. The van der Waals surface area contributed by atoms with Gasteiger partial charge in [-0.25, -0.2) is 4.79 Å². The quantitative estimate of drug-likeness (QED) is 0.193. The molecule has 6 rings (SSSR count). The number of hydrogen-bond donors (Lipinski definition) is 0. The van der Waals surface area contributed by atoms with Crippen molar-refractivity contribution in [2.24, 2.45) is 0 Å². The number of methoxy groups -OCH3 is 1. The highest BCUT2D eigenvalue weighted by atomic mass is 35.5. The van der Waals surface area contributed by atoms with Crippen LogP contribution in [-0.4, -0.2) is 18.2 Å².